The van der Waals surface area contributed by atoms with Crippen molar-refractivity contribution in [1.29, 1.82) is 0 Å². The molecule has 10 nitrogen and oxygen atoms in total. The van der Waals surface area contributed by atoms with Gasteiger partial charge in [-0.15, -0.1) is 0 Å². The normalized spacial score (nSPS) is 11.5. The molecular formula is C21H18ClN3O7. The molecule has 1 atom stereocenters. The second kappa shape index (κ2) is 9.48. The highest BCUT2D eigenvalue weighted by molar-refractivity contribution is 6.45. The average molecular weight is 460 g/mol. The second-order valence-electron chi connectivity index (χ2n) is 6.45. The Balaban J connectivity index is 2.01. The Bertz CT molecular complexity index is 1270. The summed E-state index contributed by atoms with van der Waals surface area (Å²) < 4.78 is 14.9. The number of esters is 1. The Morgan fingerprint density at radius 1 is 1.06 bits per heavy atom. The van der Waals surface area contributed by atoms with Gasteiger partial charge in [-0.3, -0.25) is 19.2 Å². The lowest BCUT2D eigenvalue weighted by molar-refractivity contribution is -0.148. The van der Waals surface area contributed by atoms with Gasteiger partial charge in [0.2, 0.25) is 5.78 Å². The van der Waals surface area contributed by atoms with Gasteiger partial charge < -0.3 is 24.5 Å². The largest absolute Gasteiger partial charge is 0.497 e. The first-order chi connectivity index (χ1) is 15.3. The van der Waals surface area contributed by atoms with Crippen LogP contribution in [0, 0.1) is 0 Å². The molecule has 11 heteroatoms. The van der Waals surface area contributed by atoms with Crippen LogP contribution in [0.1, 0.15) is 11.6 Å². The van der Waals surface area contributed by atoms with Gasteiger partial charge >= 0.3 is 5.97 Å². The first kappa shape index (κ1) is 22.8. The van der Waals surface area contributed by atoms with E-state index in [0.29, 0.717) is 16.3 Å². The molecule has 0 aliphatic heterocycles. The fourth-order valence-electron chi connectivity index (χ4n) is 2.96. The minimum atomic E-state index is -1.89. The van der Waals surface area contributed by atoms with Crippen LogP contribution in [0.15, 0.2) is 41.2 Å². The Kier molecular flexibility index (Phi) is 6.74. The smallest absolute Gasteiger partial charge is 0.323 e. The lowest BCUT2D eigenvalue weighted by Gasteiger charge is -2.15. The van der Waals surface area contributed by atoms with Crippen LogP contribution in [0.4, 0.5) is 5.69 Å². The maximum Gasteiger partial charge on any atom is 0.323 e. The number of H-pyrrole nitrogens is 1. The lowest BCUT2D eigenvalue weighted by Crippen LogP contribution is -2.37. The van der Waals surface area contributed by atoms with Crippen LogP contribution in [0.2, 0.25) is 5.02 Å². The monoisotopic (exact) mass is 459 g/mol. The van der Waals surface area contributed by atoms with Crippen molar-refractivity contribution in [1.82, 2.24) is 9.97 Å². The number of methoxy groups -OCH3 is 3. The number of aromatic amines is 1. The van der Waals surface area contributed by atoms with Crippen molar-refractivity contribution in [3.05, 3.63) is 57.5 Å². The number of hydrogen-bond acceptors (Lipinski definition) is 8. The van der Waals surface area contributed by atoms with E-state index in [2.05, 4.69) is 20.0 Å². The highest BCUT2D eigenvalue weighted by Gasteiger charge is 2.38. The summed E-state index contributed by atoms with van der Waals surface area (Å²) in [7, 11) is 3.83. The van der Waals surface area contributed by atoms with Gasteiger partial charge in [0.05, 0.1) is 38.1 Å². The van der Waals surface area contributed by atoms with E-state index in [4.69, 9.17) is 21.1 Å². The maximum absolute atomic E-state index is 12.9. The zero-order valence-electron chi connectivity index (χ0n) is 17.2. The number of Topliss-reactive ketones (excluding diaryl/α,β-unsaturated/α-hetero) is 1. The predicted molar refractivity (Wildman–Crippen MR) is 115 cm³/mol. The lowest BCUT2D eigenvalue weighted by atomic mass is 9.99. The molecule has 0 spiro atoms. The Morgan fingerprint density at radius 3 is 2.47 bits per heavy atom. The molecule has 1 amide bonds. The van der Waals surface area contributed by atoms with Crippen molar-refractivity contribution in [3.63, 3.8) is 0 Å². The van der Waals surface area contributed by atoms with Gasteiger partial charge in [0.25, 0.3) is 11.5 Å². The topological polar surface area (TPSA) is 137 Å². The molecule has 2 aromatic carbocycles. The van der Waals surface area contributed by atoms with Crippen molar-refractivity contribution >= 4 is 46.0 Å². The summed E-state index contributed by atoms with van der Waals surface area (Å²) in [6.45, 7) is 0. The molecule has 166 valence electrons. The standard InChI is InChI=1S/C21H18ClN3O7/c1-30-11-5-7-15(31-2)14(9-11)25-20(28)18(26)16(21(29)32-3)17-19(27)24-13-8-10(22)4-6-12(13)23-17/h4-9,16H,1-3H3,(H,24,27)(H,25,28)/t16-/m1/s1. The number of fused-ring (bicyclic) bond motifs is 1. The average Bonchev–Trinajstić information content (AvgIpc) is 2.79. The van der Waals surface area contributed by atoms with Gasteiger partial charge in [-0.05, 0) is 30.3 Å². The number of aromatic nitrogens is 2. The van der Waals surface area contributed by atoms with Gasteiger partial charge in [0.15, 0.2) is 5.92 Å². The number of ketones is 1. The van der Waals surface area contributed by atoms with Crippen LogP contribution in [0.3, 0.4) is 0 Å². The molecule has 0 radical (unpaired) electrons. The van der Waals surface area contributed by atoms with Gasteiger partial charge in [0.1, 0.15) is 17.2 Å². The van der Waals surface area contributed by atoms with E-state index in [1.807, 2.05) is 0 Å². The number of rotatable bonds is 7. The number of anilines is 1. The number of nitrogens with zero attached hydrogens (tertiary/aromatic N) is 1. The zero-order chi connectivity index (χ0) is 23.4. The number of amides is 1. The molecule has 3 rings (SSSR count). The third-order valence-electron chi connectivity index (χ3n) is 4.53. The summed E-state index contributed by atoms with van der Waals surface area (Å²) >= 11 is 5.91. The number of halogens is 1. The van der Waals surface area contributed by atoms with E-state index in [1.54, 1.807) is 6.07 Å². The summed E-state index contributed by atoms with van der Waals surface area (Å²) in [5.74, 6) is -4.78. The molecule has 0 aliphatic carbocycles. The van der Waals surface area contributed by atoms with E-state index in [0.717, 1.165) is 7.11 Å². The molecule has 0 fully saturated rings. The van der Waals surface area contributed by atoms with E-state index in [-0.39, 0.29) is 17.0 Å². The van der Waals surface area contributed by atoms with Crippen molar-refractivity contribution in [2.75, 3.05) is 26.6 Å². The predicted octanol–water partition coefficient (Wildman–Crippen LogP) is 2.06. The summed E-state index contributed by atoms with van der Waals surface area (Å²) in [6, 6.07) is 9.04. The van der Waals surface area contributed by atoms with Crippen molar-refractivity contribution in [2.45, 2.75) is 5.92 Å². The first-order valence-electron chi connectivity index (χ1n) is 9.13. The SMILES string of the molecule is COC(=O)[C@@H](C(=O)C(=O)Nc1cc(OC)ccc1OC)c1nc2ccc(Cl)cc2[nH]c1=O. The molecule has 3 aromatic rings. The Hall–Kier alpha value is -3.92. The first-order valence-corrected chi connectivity index (χ1v) is 9.51. The maximum atomic E-state index is 12.9. The molecule has 0 bridgehead atoms. The number of ether oxygens (including phenoxy) is 3. The number of carbonyl (C=O) groups excluding carboxylic acids is 3. The number of carbonyl (C=O) groups is 3. The van der Waals surface area contributed by atoms with Gasteiger partial charge in [-0.2, -0.15) is 0 Å². The summed E-state index contributed by atoms with van der Waals surface area (Å²) in [6.07, 6.45) is 0. The minimum absolute atomic E-state index is 0.129. The van der Waals surface area contributed by atoms with Crippen LogP contribution in [-0.4, -0.2) is 49.0 Å². The Labute approximate surface area is 186 Å². The molecule has 0 unspecified atom stereocenters. The summed E-state index contributed by atoms with van der Waals surface area (Å²) in [5, 5.41) is 2.73. The van der Waals surface area contributed by atoms with Crippen molar-refractivity contribution in [2.24, 2.45) is 0 Å². The molecule has 0 saturated heterocycles. The van der Waals surface area contributed by atoms with Crippen LogP contribution in [-0.2, 0) is 19.1 Å². The third kappa shape index (κ3) is 4.54. The van der Waals surface area contributed by atoms with E-state index in [9.17, 15) is 19.2 Å². The van der Waals surface area contributed by atoms with Crippen LogP contribution >= 0.6 is 11.6 Å². The van der Waals surface area contributed by atoms with E-state index in [1.165, 1.54) is 44.6 Å². The van der Waals surface area contributed by atoms with Crippen molar-refractivity contribution in [3.8, 4) is 11.5 Å². The van der Waals surface area contributed by atoms with Crippen molar-refractivity contribution < 1.29 is 28.6 Å². The molecule has 2 N–H and O–H groups in total. The molecule has 0 aliphatic rings. The van der Waals surface area contributed by atoms with Gasteiger partial charge in [-0.25, -0.2) is 4.98 Å². The van der Waals surface area contributed by atoms with E-state index < -0.39 is 34.8 Å². The molecule has 1 aromatic heterocycles. The van der Waals surface area contributed by atoms with Crippen LogP contribution in [0.5, 0.6) is 11.5 Å². The summed E-state index contributed by atoms with van der Waals surface area (Å²) in [5.41, 5.74) is -0.628. The molecule has 1 heterocycles. The third-order valence-corrected chi connectivity index (χ3v) is 4.77. The summed E-state index contributed by atoms with van der Waals surface area (Å²) in [4.78, 5) is 57.3. The number of nitrogens with one attached hydrogen (secondary N) is 2. The Morgan fingerprint density at radius 2 is 1.81 bits per heavy atom. The van der Waals surface area contributed by atoms with E-state index >= 15 is 0 Å². The molecule has 0 saturated carbocycles. The van der Waals surface area contributed by atoms with Crippen LogP contribution in [0.25, 0.3) is 11.0 Å². The van der Waals surface area contributed by atoms with Gasteiger partial charge in [-0.1, -0.05) is 11.6 Å². The quantitative estimate of drug-likeness (QED) is 0.311. The minimum Gasteiger partial charge on any atom is -0.497 e. The molecular weight excluding hydrogens is 442 g/mol. The highest BCUT2D eigenvalue weighted by atomic mass is 35.5. The number of hydrogen-bond donors (Lipinski definition) is 2. The number of benzene rings is 2. The highest BCUT2D eigenvalue weighted by Crippen LogP contribution is 2.29. The zero-order valence-corrected chi connectivity index (χ0v) is 18.0. The fraction of sp³-hybridized carbons (Fsp3) is 0.190. The second-order valence-corrected chi connectivity index (χ2v) is 6.89. The molecule has 32 heavy (non-hydrogen) atoms. The van der Waals surface area contributed by atoms with Crippen LogP contribution < -0.4 is 20.3 Å². The fourth-order valence-corrected chi connectivity index (χ4v) is 3.13. The van der Waals surface area contributed by atoms with Gasteiger partial charge in [0, 0.05) is 11.1 Å².